The zero-order chi connectivity index (χ0) is 12.2. The second-order valence-corrected chi connectivity index (χ2v) is 5.11. The third kappa shape index (κ3) is 4.05. The van der Waals surface area contributed by atoms with Gasteiger partial charge in [-0.25, -0.2) is 0 Å². The standard InChI is InChI=1S/C14H21NO/c1-5-14(3,4)10-13(16)15-12-8-6-11(2)7-9-12/h6-9H,5,10H2,1-4H3,(H,15,16). The summed E-state index contributed by atoms with van der Waals surface area (Å²) in [5.74, 6) is 0.0932. The minimum atomic E-state index is 0.0782. The molecule has 0 aliphatic rings. The Labute approximate surface area is 98.1 Å². The van der Waals surface area contributed by atoms with Crippen molar-refractivity contribution >= 4 is 11.6 Å². The van der Waals surface area contributed by atoms with Crippen molar-refractivity contribution in [1.82, 2.24) is 0 Å². The van der Waals surface area contributed by atoms with Crippen LogP contribution in [0.15, 0.2) is 24.3 Å². The number of hydrogen-bond donors (Lipinski definition) is 1. The van der Waals surface area contributed by atoms with Gasteiger partial charge in [-0.2, -0.15) is 0 Å². The molecule has 2 heteroatoms. The van der Waals surface area contributed by atoms with Crippen molar-refractivity contribution in [3.8, 4) is 0 Å². The van der Waals surface area contributed by atoms with Gasteiger partial charge in [0.25, 0.3) is 0 Å². The SMILES string of the molecule is CCC(C)(C)CC(=O)Nc1ccc(C)cc1. The summed E-state index contributed by atoms with van der Waals surface area (Å²) < 4.78 is 0. The van der Waals surface area contributed by atoms with Gasteiger partial charge < -0.3 is 5.32 Å². The highest BCUT2D eigenvalue weighted by Crippen LogP contribution is 2.24. The van der Waals surface area contributed by atoms with Gasteiger partial charge in [0.15, 0.2) is 0 Å². The number of nitrogens with one attached hydrogen (secondary N) is 1. The molecule has 0 unspecified atom stereocenters. The fourth-order valence-corrected chi connectivity index (χ4v) is 1.40. The number of carbonyl (C=O) groups excluding carboxylic acids is 1. The third-order valence-electron chi connectivity index (χ3n) is 2.93. The van der Waals surface area contributed by atoms with Gasteiger partial charge in [-0.1, -0.05) is 44.9 Å². The summed E-state index contributed by atoms with van der Waals surface area (Å²) in [4.78, 5) is 11.8. The van der Waals surface area contributed by atoms with Gasteiger partial charge in [0.1, 0.15) is 0 Å². The van der Waals surface area contributed by atoms with E-state index in [1.165, 1.54) is 5.56 Å². The van der Waals surface area contributed by atoms with Gasteiger partial charge in [-0.3, -0.25) is 4.79 Å². The fraction of sp³-hybridized carbons (Fsp3) is 0.500. The van der Waals surface area contributed by atoms with E-state index in [0.29, 0.717) is 6.42 Å². The van der Waals surface area contributed by atoms with Crippen LogP contribution in [0.1, 0.15) is 39.2 Å². The smallest absolute Gasteiger partial charge is 0.224 e. The molecule has 0 atom stereocenters. The van der Waals surface area contributed by atoms with Crippen molar-refractivity contribution in [2.24, 2.45) is 5.41 Å². The minimum Gasteiger partial charge on any atom is -0.326 e. The summed E-state index contributed by atoms with van der Waals surface area (Å²) in [6.45, 7) is 8.37. The Hall–Kier alpha value is -1.31. The second-order valence-electron chi connectivity index (χ2n) is 5.11. The van der Waals surface area contributed by atoms with Crippen LogP contribution in [0.3, 0.4) is 0 Å². The predicted octanol–water partition coefficient (Wildman–Crippen LogP) is 3.76. The maximum atomic E-state index is 11.8. The van der Waals surface area contributed by atoms with Crippen molar-refractivity contribution < 1.29 is 4.79 Å². The van der Waals surface area contributed by atoms with Gasteiger partial charge >= 0.3 is 0 Å². The Morgan fingerprint density at radius 2 is 1.81 bits per heavy atom. The number of rotatable bonds is 4. The lowest BCUT2D eigenvalue weighted by molar-refractivity contribution is -0.118. The predicted molar refractivity (Wildman–Crippen MR) is 68.5 cm³/mol. The summed E-state index contributed by atoms with van der Waals surface area (Å²) in [5.41, 5.74) is 2.16. The first kappa shape index (κ1) is 12.8. The first-order chi connectivity index (χ1) is 7.43. The average Bonchev–Trinajstić information content (AvgIpc) is 2.21. The average molecular weight is 219 g/mol. The minimum absolute atomic E-state index is 0.0782. The number of hydrogen-bond acceptors (Lipinski definition) is 1. The molecule has 1 aromatic carbocycles. The number of carbonyl (C=O) groups is 1. The third-order valence-corrected chi connectivity index (χ3v) is 2.93. The molecule has 0 bridgehead atoms. The van der Waals surface area contributed by atoms with Crippen LogP contribution in [0.5, 0.6) is 0 Å². The molecule has 1 amide bonds. The van der Waals surface area contributed by atoms with Gasteiger partial charge in [0.2, 0.25) is 5.91 Å². The van der Waals surface area contributed by atoms with Crippen LogP contribution in [0.2, 0.25) is 0 Å². The number of benzene rings is 1. The van der Waals surface area contributed by atoms with Gasteiger partial charge in [0.05, 0.1) is 0 Å². The molecule has 0 saturated heterocycles. The fourth-order valence-electron chi connectivity index (χ4n) is 1.40. The van der Waals surface area contributed by atoms with Crippen LogP contribution in [-0.4, -0.2) is 5.91 Å². The summed E-state index contributed by atoms with van der Waals surface area (Å²) in [6.07, 6.45) is 1.58. The van der Waals surface area contributed by atoms with Crippen molar-refractivity contribution in [1.29, 1.82) is 0 Å². The van der Waals surface area contributed by atoms with Crippen LogP contribution in [-0.2, 0) is 4.79 Å². The molecule has 0 aliphatic heterocycles. The van der Waals surface area contributed by atoms with E-state index in [-0.39, 0.29) is 11.3 Å². The molecule has 0 aliphatic carbocycles. The zero-order valence-corrected chi connectivity index (χ0v) is 10.6. The topological polar surface area (TPSA) is 29.1 Å². The quantitative estimate of drug-likeness (QED) is 0.820. The van der Waals surface area contributed by atoms with Crippen LogP contribution < -0.4 is 5.32 Å². The summed E-state index contributed by atoms with van der Waals surface area (Å²) in [5, 5.41) is 2.92. The van der Waals surface area contributed by atoms with Crippen molar-refractivity contribution in [3.63, 3.8) is 0 Å². The molecule has 0 aromatic heterocycles. The molecule has 0 radical (unpaired) electrons. The lowest BCUT2D eigenvalue weighted by Gasteiger charge is -2.21. The molecule has 1 rings (SSSR count). The summed E-state index contributed by atoms with van der Waals surface area (Å²) in [7, 11) is 0. The number of amides is 1. The van der Waals surface area contributed by atoms with Gasteiger partial charge in [-0.05, 0) is 24.5 Å². The maximum absolute atomic E-state index is 11.8. The molecule has 16 heavy (non-hydrogen) atoms. The molecular weight excluding hydrogens is 198 g/mol. The van der Waals surface area contributed by atoms with Crippen LogP contribution in [0.25, 0.3) is 0 Å². The van der Waals surface area contributed by atoms with E-state index >= 15 is 0 Å². The first-order valence-corrected chi connectivity index (χ1v) is 5.79. The van der Waals surface area contributed by atoms with Crippen molar-refractivity contribution in [2.75, 3.05) is 5.32 Å². The molecule has 2 nitrogen and oxygen atoms in total. The van der Waals surface area contributed by atoms with Crippen LogP contribution >= 0.6 is 0 Å². The van der Waals surface area contributed by atoms with Crippen LogP contribution in [0, 0.1) is 12.3 Å². The molecule has 0 heterocycles. The highest BCUT2D eigenvalue weighted by Gasteiger charge is 2.19. The van der Waals surface area contributed by atoms with E-state index in [2.05, 4.69) is 26.1 Å². The van der Waals surface area contributed by atoms with E-state index < -0.39 is 0 Å². The van der Waals surface area contributed by atoms with Crippen LogP contribution in [0.4, 0.5) is 5.69 Å². The first-order valence-electron chi connectivity index (χ1n) is 5.79. The Balaban J connectivity index is 2.55. The summed E-state index contributed by atoms with van der Waals surface area (Å²) >= 11 is 0. The van der Waals surface area contributed by atoms with Gasteiger partial charge in [-0.15, -0.1) is 0 Å². The van der Waals surface area contributed by atoms with Crippen molar-refractivity contribution in [2.45, 2.75) is 40.5 Å². The molecule has 0 saturated carbocycles. The van der Waals surface area contributed by atoms with Crippen molar-refractivity contribution in [3.05, 3.63) is 29.8 Å². The number of aryl methyl sites for hydroxylation is 1. The molecule has 1 aromatic rings. The molecule has 0 spiro atoms. The monoisotopic (exact) mass is 219 g/mol. The Kier molecular flexibility index (Phi) is 4.11. The van der Waals surface area contributed by atoms with E-state index in [9.17, 15) is 4.79 Å². The lowest BCUT2D eigenvalue weighted by atomic mass is 9.86. The second kappa shape index (κ2) is 5.15. The maximum Gasteiger partial charge on any atom is 0.224 e. The van der Waals surface area contributed by atoms with E-state index in [1.54, 1.807) is 0 Å². The van der Waals surface area contributed by atoms with E-state index in [0.717, 1.165) is 12.1 Å². The molecule has 0 fully saturated rings. The molecule has 88 valence electrons. The normalized spacial score (nSPS) is 11.2. The Morgan fingerprint density at radius 1 is 1.25 bits per heavy atom. The lowest BCUT2D eigenvalue weighted by Crippen LogP contribution is -2.21. The largest absolute Gasteiger partial charge is 0.326 e. The van der Waals surface area contributed by atoms with Gasteiger partial charge in [0, 0.05) is 12.1 Å². The number of anilines is 1. The highest BCUT2D eigenvalue weighted by atomic mass is 16.1. The van der Waals surface area contributed by atoms with E-state index in [4.69, 9.17) is 0 Å². The van der Waals surface area contributed by atoms with E-state index in [1.807, 2.05) is 31.2 Å². The molecular formula is C14H21NO. The summed E-state index contributed by atoms with van der Waals surface area (Å²) in [6, 6.07) is 7.87. The zero-order valence-electron chi connectivity index (χ0n) is 10.6. The highest BCUT2D eigenvalue weighted by molar-refractivity contribution is 5.91. The Bertz CT molecular complexity index is 352. The molecule has 1 N–H and O–H groups in total. The Morgan fingerprint density at radius 3 is 2.31 bits per heavy atom.